The SMILES string of the molecule is CCCCCCCCCCCCOc1ccc(C=O)c([N+](=O)[O-])c1OCCCCCCCCCCCC. The Kier molecular flexibility index (Phi) is 20.5. The second kappa shape index (κ2) is 23.0. The summed E-state index contributed by atoms with van der Waals surface area (Å²) in [7, 11) is 0. The molecule has 0 saturated carbocycles. The van der Waals surface area contributed by atoms with Crippen LogP contribution in [0, 0.1) is 10.1 Å². The van der Waals surface area contributed by atoms with E-state index in [0.29, 0.717) is 25.2 Å². The van der Waals surface area contributed by atoms with Crippen molar-refractivity contribution in [3.8, 4) is 11.5 Å². The molecule has 1 rings (SSSR count). The van der Waals surface area contributed by atoms with Crippen LogP contribution in [0.15, 0.2) is 12.1 Å². The average molecular weight is 520 g/mol. The lowest BCUT2D eigenvalue weighted by atomic mass is 10.1. The lowest BCUT2D eigenvalue weighted by Gasteiger charge is -2.14. The van der Waals surface area contributed by atoms with E-state index in [1.807, 2.05) is 0 Å². The molecule has 0 radical (unpaired) electrons. The molecule has 1 aromatic rings. The predicted molar refractivity (Wildman–Crippen MR) is 153 cm³/mol. The van der Waals surface area contributed by atoms with Crippen LogP contribution in [0.3, 0.4) is 0 Å². The van der Waals surface area contributed by atoms with Crippen LogP contribution < -0.4 is 9.47 Å². The van der Waals surface area contributed by atoms with E-state index in [2.05, 4.69) is 13.8 Å². The van der Waals surface area contributed by atoms with Gasteiger partial charge in [0.05, 0.1) is 23.7 Å². The standard InChI is InChI=1S/C31H53NO5/c1-3-5-7-9-11-13-15-17-19-21-25-36-29-24-23-28(27-33)30(32(34)35)31(29)37-26-22-20-18-16-14-12-10-8-6-4-2/h23-24,27H,3-22,25-26H2,1-2H3. The largest absolute Gasteiger partial charge is 0.489 e. The molecule has 1 aromatic carbocycles. The molecular weight excluding hydrogens is 466 g/mol. The molecule has 0 N–H and O–H groups in total. The van der Waals surface area contributed by atoms with Crippen LogP contribution in [0.4, 0.5) is 5.69 Å². The van der Waals surface area contributed by atoms with Crippen molar-refractivity contribution in [2.45, 2.75) is 142 Å². The Morgan fingerprint density at radius 3 is 1.46 bits per heavy atom. The molecule has 6 heteroatoms. The summed E-state index contributed by atoms with van der Waals surface area (Å²) in [6.07, 6.45) is 25.0. The summed E-state index contributed by atoms with van der Waals surface area (Å²) in [5, 5.41) is 11.7. The van der Waals surface area contributed by atoms with Crippen molar-refractivity contribution < 1.29 is 19.2 Å². The van der Waals surface area contributed by atoms with Crippen LogP contribution in [0.1, 0.15) is 153 Å². The smallest absolute Gasteiger partial charge is 0.325 e. The number of benzene rings is 1. The van der Waals surface area contributed by atoms with Gasteiger partial charge in [-0.05, 0) is 25.0 Å². The van der Waals surface area contributed by atoms with Gasteiger partial charge in [0.2, 0.25) is 5.75 Å². The number of hydrogen-bond donors (Lipinski definition) is 0. The number of hydrogen-bond acceptors (Lipinski definition) is 5. The number of nitro groups is 1. The molecule has 6 nitrogen and oxygen atoms in total. The van der Waals surface area contributed by atoms with Crippen LogP contribution in [0.2, 0.25) is 0 Å². The van der Waals surface area contributed by atoms with Gasteiger partial charge in [-0.25, -0.2) is 0 Å². The molecule has 0 saturated heterocycles. The second-order valence-electron chi connectivity index (χ2n) is 10.3. The quantitative estimate of drug-likeness (QED) is 0.0526. The minimum atomic E-state index is -0.537. The molecule has 0 bridgehead atoms. The fourth-order valence-electron chi connectivity index (χ4n) is 4.64. The van der Waals surface area contributed by atoms with Gasteiger partial charge in [0, 0.05) is 0 Å². The fraction of sp³-hybridized carbons (Fsp3) is 0.774. The van der Waals surface area contributed by atoms with Crippen molar-refractivity contribution in [3.63, 3.8) is 0 Å². The van der Waals surface area contributed by atoms with Gasteiger partial charge in [-0.3, -0.25) is 14.9 Å². The minimum Gasteiger partial charge on any atom is -0.489 e. The van der Waals surface area contributed by atoms with Gasteiger partial charge < -0.3 is 9.47 Å². The zero-order chi connectivity index (χ0) is 27.0. The Balaban J connectivity index is 2.40. The highest BCUT2D eigenvalue weighted by Crippen LogP contribution is 2.39. The summed E-state index contributed by atoms with van der Waals surface area (Å²) < 4.78 is 11.8. The Morgan fingerprint density at radius 2 is 1.05 bits per heavy atom. The van der Waals surface area contributed by atoms with E-state index in [1.165, 1.54) is 102 Å². The fourth-order valence-corrected chi connectivity index (χ4v) is 4.64. The molecule has 0 unspecified atom stereocenters. The molecule has 0 aliphatic heterocycles. The zero-order valence-corrected chi connectivity index (χ0v) is 23.8. The third-order valence-electron chi connectivity index (χ3n) is 6.94. The Morgan fingerprint density at radius 1 is 0.649 bits per heavy atom. The summed E-state index contributed by atoms with van der Waals surface area (Å²) in [5.41, 5.74) is -0.267. The van der Waals surface area contributed by atoms with Gasteiger partial charge in [-0.15, -0.1) is 0 Å². The topological polar surface area (TPSA) is 78.7 Å². The van der Waals surface area contributed by atoms with E-state index >= 15 is 0 Å². The molecule has 0 heterocycles. The monoisotopic (exact) mass is 519 g/mol. The van der Waals surface area contributed by atoms with Crippen molar-refractivity contribution in [1.82, 2.24) is 0 Å². The molecule has 0 spiro atoms. The van der Waals surface area contributed by atoms with Crippen LogP contribution in [-0.4, -0.2) is 24.4 Å². The first-order valence-corrected chi connectivity index (χ1v) is 15.2. The average Bonchev–Trinajstić information content (AvgIpc) is 2.90. The van der Waals surface area contributed by atoms with E-state index in [0.717, 1.165) is 32.1 Å². The summed E-state index contributed by atoms with van der Waals surface area (Å²) in [4.78, 5) is 22.6. The maximum absolute atomic E-state index is 11.7. The molecule has 0 aliphatic carbocycles. The summed E-state index contributed by atoms with van der Waals surface area (Å²) in [6, 6.07) is 3.08. The van der Waals surface area contributed by atoms with E-state index in [1.54, 1.807) is 6.07 Å². The van der Waals surface area contributed by atoms with E-state index in [4.69, 9.17) is 9.47 Å². The molecule has 212 valence electrons. The molecular formula is C31H53NO5. The molecule has 0 aliphatic rings. The van der Waals surface area contributed by atoms with Crippen LogP contribution in [0.5, 0.6) is 11.5 Å². The normalized spacial score (nSPS) is 11.0. The highest BCUT2D eigenvalue weighted by molar-refractivity contribution is 5.85. The van der Waals surface area contributed by atoms with Crippen molar-refractivity contribution >= 4 is 12.0 Å². The number of unbranched alkanes of at least 4 members (excludes halogenated alkanes) is 18. The third kappa shape index (κ3) is 15.7. The lowest BCUT2D eigenvalue weighted by molar-refractivity contribution is -0.386. The number of nitro benzene ring substituents is 1. The number of aldehydes is 1. The first kappa shape index (κ1) is 32.9. The Hall–Kier alpha value is -2.11. The highest BCUT2D eigenvalue weighted by Gasteiger charge is 2.25. The molecule has 0 amide bonds. The maximum Gasteiger partial charge on any atom is 0.325 e. The predicted octanol–water partition coefficient (Wildman–Crippen LogP) is 10.0. The first-order chi connectivity index (χ1) is 18.2. The number of rotatable bonds is 26. The Labute approximate surface area is 226 Å². The van der Waals surface area contributed by atoms with Crippen LogP contribution in [-0.2, 0) is 0 Å². The van der Waals surface area contributed by atoms with Gasteiger partial charge in [0.25, 0.3) is 0 Å². The number of carbonyl (C=O) groups excluding carboxylic acids is 1. The van der Waals surface area contributed by atoms with Gasteiger partial charge in [0.1, 0.15) is 0 Å². The number of ether oxygens (including phenoxy) is 2. The van der Waals surface area contributed by atoms with Gasteiger partial charge in [0.15, 0.2) is 12.0 Å². The van der Waals surface area contributed by atoms with E-state index in [9.17, 15) is 14.9 Å². The maximum atomic E-state index is 11.7. The van der Waals surface area contributed by atoms with Crippen molar-refractivity contribution in [1.29, 1.82) is 0 Å². The van der Waals surface area contributed by atoms with Crippen LogP contribution >= 0.6 is 0 Å². The van der Waals surface area contributed by atoms with E-state index < -0.39 is 4.92 Å². The van der Waals surface area contributed by atoms with Gasteiger partial charge in [-0.2, -0.15) is 0 Å². The number of carbonyl (C=O) groups is 1. The van der Waals surface area contributed by atoms with Crippen LogP contribution in [0.25, 0.3) is 0 Å². The third-order valence-corrected chi connectivity index (χ3v) is 6.94. The van der Waals surface area contributed by atoms with E-state index in [-0.39, 0.29) is 17.0 Å². The minimum absolute atomic E-state index is 0.0226. The lowest BCUT2D eigenvalue weighted by Crippen LogP contribution is -2.07. The molecule has 0 fully saturated rings. The summed E-state index contributed by atoms with van der Waals surface area (Å²) >= 11 is 0. The van der Waals surface area contributed by atoms with Crippen molar-refractivity contribution in [2.24, 2.45) is 0 Å². The Bertz CT molecular complexity index is 722. The molecule has 0 atom stereocenters. The van der Waals surface area contributed by atoms with Gasteiger partial charge >= 0.3 is 5.69 Å². The van der Waals surface area contributed by atoms with Crippen molar-refractivity contribution in [3.05, 3.63) is 27.8 Å². The first-order valence-electron chi connectivity index (χ1n) is 15.2. The van der Waals surface area contributed by atoms with Gasteiger partial charge in [-0.1, -0.05) is 129 Å². The highest BCUT2D eigenvalue weighted by atomic mass is 16.6. The second-order valence-corrected chi connectivity index (χ2v) is 10.3. The van der Waals surface area contributed by atoms with Crippen molar-refractivity contribution in [2.75, 3.05) is 13.2 Å². The number of nitrogens with zero attached hydrogens (tertiary/aromatic N) is 1. The zero-order valence-electron chi connectivity index (χ0n) is 23.8. The summed E-state index contributed by atoms with van der Waals surface area (Å²) in [6.45, 7) is 5.35. The summed E-state index contributed by atoms with van der Waals surface area (Å²) in [5.74, 6) is 0.456. The molecule has 0 aromatic heterocycles. The molecule has 37 heavy (non-hydrogen) atoms.